The number of rotatable bonds is 5. The van der Waals surface area contributed by atoms with E-state index in [-0.39, 0.29) is 6.04 Å². The van der Waals surface area contributed by atoms with Gasteiger partial charge in [0.2, 0.25) is 0 Å². The Morgan fingerprint density at radius 3 is 2.79 bits per heavy atom. The number of methoxy groups -OCH3 is 1. The Bertz CT molecular complexity index is 550. The van der Waals surface area contributed by atoms with Crippen molar-refractivity contribution in [2.75, 3.05) is 7.11 Å². The predicted molar refractivity (Wildman–Crippen MR) is 74.7 cm³/mol. The van der Waals surface area contributed by atoms with Crippen LogP contribution in [0.15, 0.2) is 30.6 Å². The molecule has 0 saturated heterocycles. The van der Waals surface area contributed by atoms with Gasteiger partial charge in [-0.15, -0.1) is 0 Å². The van der Waals surface area contributed by atoms with Gasteiger partial charge in [0.05, 0.1) is 13.2 Å². The Morgan fingerprint density at radius 2 is 2.26 bits per heavy atom. The fourth-order valence-electron chi connectivity index (χ4n) is 2.17. The van der Waals surface area contributed by atoms with Crippen LogP contribution in [-0.2, 0) is 13.5 Å². The maximum Gasteiger partial charge on any atom is 0.121 e. The summed E-state index contributed by atoms with van der Waals surface area (Å²) in [6.07, 6.45) is 4.47. The van der Waals surface area contributed by atoms with Crippen LogP contribution in [0, 0.1) is 6.92 Å². The van der Waals surface area contributed by atoms with Crippen LogP contribution in [0.4, 0.5) is 0 Å². The van der Waals surface area contributed by atoms with Gasteiger partial charge in [-0.25, -0.2) is 4.98 Å². The molecule has 1 aromatic heterocycles. The lowest BCUT2D eigenvalue weighted by Gasteiger charge is -2.17. The Balaban J connectivity index is 2.22. The predicted octanol–water partition coefficient (Wildman–Crippen LogP) is 1.48. The Morgan fingerprint density at radius 1 is 1.47 bits per heavy atom. The van der Waals surface area contributed by atoms with Crippen molar-refractivity contribution in [3.63, 3.8) is 0 Å². The summed E-state index contributed by atoms with van der Waals surface area (Å²) in [5.74, 6) is 7.56. The standard InChI is InChI=1S/C14H20N4O/c1-10-8-11(4-5-13(10)19-3)12(17-15)9-14-16-6-7-18(14)2/h4-8,12,17H,9,15H2,1-3H3. The fourth-order valence-corrected chi connectivity index (χ4v) is 2.17. The molecule has 3 N–H and O–H groups in total. The number of benzene rings is 1. The zero-order valence-electron chi connectivity index (χ0n) is 11.6. The molecule has 0 saturated carbocycles. The Labute approximate surface area is 113 Å². The first-order chi connectivity index (χ1) is 9.15. The van der Waals surface area contributed by atoms with Crippen LogP contribution in [-0.4, -0.2) is 16.7 Å². The maximum atomic E-state index is 5.67. The van der Waals surface area contributed by atoms with Crippen molar-refractivity contribution >= 4 is 0 Å². The second-order valence-corrected chi connectivity index (χ2v) is 4.61. The highest BCUT2D eigenvalue weighted by Gasteiger charge is 2.14. The number of aromatic nitrogens is 2. The van der Waals surface area contributed by atoms with Gasteiger partial charge < -0.3 is 9.30 Å². The van der Waals surface area contributed by atoms with Gasteiger partial charge in [-0.3, -0.25) is 11.3 Å². The van der Waals surface area contributed by atoms with E-state index in [1.165, 1.54) is 0 Å². The lowest BCUT2D eigenvalue weighted by Crippen LogP contribution is -2.30. The van der Waals surface area contributed by atoms with Crippen LogP contribution >= 0.6 is 0 Å². The van der Waals surface area contributed by atoms with Gasteiger partial charge in [0.25, 0.3) is 0 Å². The van der Waals surface area contributed by atoms with Crippen LogP contribution < -0.4 is 16.0 Å². The molecular weight excluding hydrogens is 240 g/mol. The van der Waals surface area contributed by atoms with Crippen LogP contribution in [0.2, 0.25) is 0 Å². The van der Waals surface area contributed by atoms with Gasteiger partial charge >= 0.3 is 0 Å². The smallest absolute Gasteiger partial charge is 0.121 e. The molecule has 5 heteroatoms. The lowest BCUT2D eigenvalue weighted by atomic mass is 10.0. The van der Waals surface area contributed by atoms with Crippen LogP contribution in [0.3, 0.4) is 0 Å². The average Bonchev–Trinajstić information content (AvgIpc) is 2.81. The molecule has 19 heavy (non-hydrogen) atoms. The molecule has 102 valence electrons. The fraction of sp³-hybridized carbons (Fsp3) is 0.357. The van der Waals surface area contributed by atoms with Gasteiger partial charge in [-0.05, 0) is 24.1 Å². The van der Waals surface area contributed by atoms with Crippen molar-refractivity contribution in [1.29, 1.82) is 0 Å². The zero-order valence-corrected chi connectivity index (χ0v) is 11.6. The zero-order chi connectivity index (χ0) is 13.8. The first-order valence-electron chi connectivity index (χ1n) is 6.22. The largest absolute Gasteiger partial charge is 0.496 e. The molecule has 0 aliphatic rings. The summed E-state index contributed by atoms with van der Waals surface area (Å²) in [7, 11) is 3.66. The number of aryl methyl sites for hydroxylation is 2. The molecule has 1 heterocycles. The van der Waals surface area contributed by atoms with E-state index in [9.17, 15) is 0 Å². The van der Waals surface area contributed by atoms with Gasteiger partial charge in [-0.1, -0.05) is 12.1 Å². The maximum absolute atomic E-state index is 5.67. The van der Waals surface area contributed by atoms with Crippen LogP contribution in [0.25, 0.3) is 0 Å². The summed E-state index contributed by atoms with van der Waals surface area (Å²) < 4.78 is 7.27. The summed E-state index contributed by atoms with van der Waals surface area (Å²) in [6, 6.07) is 6.12. The molecule has 1 unspecified atom stereocenters. The number of hydrazine groups is 1. The molecule has 0 radical (unpaired) electrons. The molecule has 2 aromatic rings. The number of hydrogen-bond acceptors (Lipinski definition) is 4. The molecule has 0 aliphatic heterocycles. The third kappa shape index (κ3) is 2.94. The number of hydrogen-bond donors (Lipinski definition) is 2. The first kappa shape index (κ1) is 13.6. The van der Waals surface area contributed by atoms with E-state index in [2.05, 4.69) is 16.5 Å². The SMILES string of the molecule is COc1ccc(C(Cc2nccn2C)NN)cc1C. The highest BCUT2D eigenvalue weighted by molar-refractivity contribution is 5.37. The van der Waals surface area contributed by atoms with E-state index in [1.54, 1.807) is 13.3 Å². The summed E-state index contributed by atoms with van der Waals surface area (Å²) in [4.78, 5) is 4.33. The van der Waals surface area contributed by atoms with Crippen molar-refractivity contribution in [3.8, 4) is 5.75 Å². The molecule has 1 aromatic carbocycles. The second-order valence-electron chi connectivity index (χ2n) is 4.61. The molecule has 0 bridgehead atoms. The molecule has 1 atom stereocenters. The quantitative estimate of drug-likeness (QED) is 0.631. The van der Waals surface area contributed by atoms with Gasteiger partial charge in [0, 0.05) is 25.9 Å². The normalized spacial score (nSPS) is 12.4. The minimum atomic E-state index is 0.0331. The van der Waals surface area contributed by atoms with E-state index < -0.39 is 0 Å². The van der Waals surface area contributed by atoms with Crippen LogP contribution in [0.5, 0.6) is 5.75 Å². The van der Waals surface area contributed by atoms with E-state index >= 15 is 0 Å². The number of nitrogens with one attached hydrogen (secondary N) is 1. The van der Waals surface area contributed by atoms with Crippen molar-refractivity contribution in [2.45, 2.75) is 19.4 Å². The molecular formula is C14H20N4O. The molecule has 0 spiro atoms. The van der Waals surface area contributed by atoms with E-state index in [4.69, 9.17) is 10.6 Å². The topological polar surface area (TPSA) is 65.1 Å². The summed E-state index contributed by atoms with van der Waals surface area (Å²) >= 11 is 0. The summed E-state index contributed by atoms with van der Waals surface area (Å²) in [6.45, 7) is 2.02. The van der Waals surface area contributed by atoms with E-state index in [0.29, 0.717) is 0 Å². The van der Waals surface area contributed by atoms with Gasteiger partial charge in [-0.2, -0.15) is 0 Å². The highest BCUT2D eigenvalue weighted by Crippen LogP contribution is 2.24. The number of ether oxygens (including phenoxy) is 1. The van der Waals surface area contributed by atoms with Crippen LogP contribution in [0.1, 0.15) is 23.0 Å². The lowest BCUT2D eigenvalue weighted by molar-refractivity contribution is 0.411. The molecule has 2 rings (SSSR count). The number of imidazole rings is 1. The van der Waals surface area contributed by atoms with Gasteiger partial charge in [0.15, 0.2) is 0 Å². The number of nitrogens with two attached hydrogens (primary N) is 1. The Hall–Kier alpha value is -1.85. The molecule has 0 fully saturated rings. The Kier molecular flexibility index (Phi) is 4.19. The monoisotopic (exact) mass is 260 g/mol. The third-order valence-corrected chi connectivity index (χ3v) is 3.33. The number of nitrogens with zero attached hydrogens (tertiary/aromatic N) is 2. The molecule has 0 aliphatic carbocycles. The van der Waals surface area contributed by atoms with Crippen molar-refractivity contribution < 1.29 is 4.74 Å². The van der Waals surface area contributed by atoms with E-state index in [0.717, 1.165) is 29.1 Å². The first-order valence-corrected chi connectivity index (χ1v) is 6.22. The molecule has 5 nitrogen and oxygen atoms in total. The third-order valence-electron chi connectivity index (χ3n) is 3.33. The minimum Gasteiger partial charge on any atom is -0.496 e. The minimum absolute atomic E-state index is 0.0331. The summed E-state index contributed by atoms with van der Waals surface area (Å²) in [5, 5.41) is 0. The van der Waals surface area contributed by atoms with Crippen molar-refractivity contribution in [2.24, 2.45) is 12.9 Å². The van der Waals surface area contributed by atoms with Crippen molar-refractivity contribution in [1.82, 2.24) is 15.0 Å². The molecule has 0 amide bonds. The van der Waals surface area contributed by atoms with Crippen molar-refractivity contribution in [3.05, 3.63) is 47.5 Å². The second kappa shape index (κ2) is 5.86. The average molecular weight is 260 g/mol. The van der Waals surface area contributed by atoms with Gasteiger partial charge in [0.1, 0.15) is 11.6 Å². The highest BCUT2D eigenvalue weighted by atomic mass is 16.5. The van der Waals surface area contributed by atoms with E-state index in [1.807, 2.05) is 36.9 Å². The summed E-state index contributed by atoms with van der Waals surface area (Å²) in [5.41, 5.74) is 5.08.